The van der Waals surface area contributed by atoms with E-state index >= 15 is 8.78 Å². The summed E-state index contributed by atoms with van der Waals surface area (Å²) >= 11 is 0. The van der Waals surface area contributed by atoms with E-state index in [0.717, 1.165) is 49.5 Å². The van der Waals surface area contributed by atoms with E-state index in [0.29, 0.717) is 82.0 Å². The summed E-state index contributed by atoms with van der Waals surface area (Å²) in [7, 11) is 1.40. The lowest BCUT2D eigenvalue weighted by atomic mass is 9.82. The van der Waals surface area contributed by atoms with Crippen molar-refractivity contribution in [1.82, 2.24) is 35.3 Å². The Morgan fingerprint density at radius 2 is 1.66 bits per heavy atom. The van der Waals surface area contributed by atoms with E-state index in [1.165, 1.54) is 31.6 Å². The molecule has 0 bridgehead atoms. The Kier molecular flexibility index (Phi) is 14.1. The molecule has 1 spiro atoms. The van der Waals surface area contributed by atoms with E-state index in [1.54, 1.807) is 21.9 Å². The molecule has 17 nitrogen and oxygen atoms in total. The molecule has 4 saturated heterocycles. The van der Waals surface area contributed by atoms with Crippen LogP contribution in [0, 0.1) is 23.0 Å². The Morgan fingerprint density at radius 3 is 2.37 bits per heavy atom. The maximum Gasteiger partial charge on any atom is 0.264 e. The third kappa shape index (κ3) is 10.5. The van der Waals surface area contributed by atoms with Crippen LogP contribution >= 0.6 is 0 Å². The summed E-state index contributed by atoms with van der Waals surface area (Å²) in [6.07, 6.45) is 6.87. The number of aldehydes is 1. The van der Waals surface area contributed by atoms with Crippen LogP contribution in [0.3, 0.4) is 0 Å². The smallest absolute Gasteiger partial charge is 0.264 e. The van der Waals surface area contributed by atoms with Gasteiger partial charge in [-0.25, -0.2) is 18.7 Å². The third-order valence-electron chi connectivity index (χ3n) is 14.3. The van der Waals surface area contributed by atoms with Crippen molar-refractivity contribution in [1.29, 1.82) is 0 Å². The molecule has 6 heterocycles. The number of amides is 5. The van der Waals surface area contributed by atoms with E-state index in [9.17, 15) is 28.8 Å². The van der Waals surface area contributed by atoms with Crippen molar-refractivity contribution >= 4 is 58.8 Å². The molecule has 8 rings (SSSR count). The Balaban J connectivity index is 0.796. The van der Waals surface area contributed by atoms with Gasteiger partial charge in [-0.1, -0.05) is 19.9 Å². The molecule has 0 aliphatic carbocycles. The number of hydrogen-bond donors (Lipinski definition) is 4. The number of piperidine rings is 3. The molecule has 358 valence electrons. The highest BCUT2D eigenvalue weighted by molar-refractivity contribution is 6.25. The zero-order valence-corrected chi connectivity index (χ0v) is 38.5. The van der Waals surface area contributed by atoms with E-state index in [-0.39, 0.29) is 65.9 Å². The van der Waals surface area contributed by atoms with E-state index in [2.05, 4.69) is 54.9 Å². The fraction of sp³-hybridized carbons (Fsp3) is 0.542. The summed E-state index contributed by atoms with van der Waals surface area (Å²) in [6.45, 7) is 9.64. The lowest BCUT2D eigenvalue weighted by Gasteiger charge is -2.48. The van der Waals surface area contributed by atoms with Gasteiger partial charge in [0.1, 0.15) is 41.9 Å². The van der Waals surface area contributed by atoms with Crippen molar-refractivity contribution in [2.75, 3.05) is 92.9 Å². The number of nitrogens with zero attached hydrogens (tertiary/aromatic N) is 7. The summed E-state index contributed by atoms with van der Waals surface area (Å²) in [5.41, 5.74) is 0.631. The molecule has 19 heteroatoms. The number of imide groups is 1. The van der Waals surface area contributed by atoms with Crippen molar-refractivity contribution < 1.29 is 37.5 Å². The number of benzene rings is 2. The fourth-order valence-electron chi connectivity index (χ4n) is 10.1. The quantitative estimate of drug-likeness (QED) is 0.127. The topological polar surface area (TPSA) is 193 Å². The van der Waals surface area contributed by atoms with Crippen molar-refractivity contribution in [3.8, 4) is 0 Å². The van der Waals surface area contributed by atoms with E-state index in [1.807, 2.05) is 6.07 Å². The average molecular weight is 926 g/mol. The highest BCUT2D eigenvalue weighted by atomic mass is 19.1. The molecule has 1 atom stereocenters. The second-order valence-electron chi connectivity index (χ2n) is 19.4. The molecule has 4 fully saturated rings. The number of halogens is 2. The van der Waals surface area contributed by atoms with Gasteiger partial charge in [0.05, 0.1) is 35.4 Å². The summed E-state index contributed by atoms with van der Waals surface area (Å²) in [5, 5.41) is 12.1. The Morgan fingerprint density at radius 1 is 0.910 bits per heavy atom. The molecule has 0 radical (unpaired) electrons. The first-order valence-corrected chi connectivity index (χ1v) is 23.4. The summed E-state index contributed by atoms with van der Waals surface area (Å²) in [4.78, 5) is 94.6. The van der Waals surface area contributed by atoms with Gasteiger partial charge in [-0.2, -0.15) is 0 Å². The summed E-state index contributed by atoms with van der Waals surface area (Å²) in [6, 6.07) is 8.05. The van der Waals surface area contributed by atoms with Crippen LogP contribution in [-0.4, -0.2) is 145 Å². The first kappa shape index (κ1) is 47.3. The van der Waals surface area contributed by atoms with Crippen molar-refractivity contribution in [2.24, 2.45) is 11.3 Å². The first-order valence-electron chi connectivity index (χ1n) is 23.4. The average Bonchev–Trinajstić information content (AvgIpc) is 3.57. The normalized spacial score (nSPS) is 20.1. The number of fused-ring (bicyclic) bond motifs is 1. The van der Waals surface area contributed by atoms with Crippen LogP contribution in [-0.2, 0) is 25.7 Å². The number of hydrogen-bond acceptors (Lipinski definition) is 13. The SMILES string of the molecule is CNC(=O)C(CCC=O)N1C(=O)c2cccc(NCC(=O)N3CCC(CNc4cc(N5CCC6(CC5)CN(c5cc(F)c(CN7CCC(C)(C)CC7)cc5F)CC(=O)N6)ncn4)CC3)c2C1=O. The number of likely N-dealkylation sites (N-methyl/N-ethyl adjacent to an activating group) is 1. The second-order valence-corrected chi connectivity index (χ2v) is 19.4. The highest BCUT2D eigenvalue weighted by Crippen LogP contribution is 2.36. The highest BCUT2D eigenvalue weighted by Gasteiger charge is 2.45. The monoisotopic (exact) mass is 925 g/mol. The van der Waals surface area contributed by atoms with Gasteiger partial charge in [-0.3, -0.25) is 33.8 Å². The van der Waals surface area contributed by atoms with Gasteiger partial charge in [-0.05, 0) is 87.6 Å². The fourth-order valence-corrected chi connectivity index (χ4v) is 10.1. The molecule has 1 unspecified atom stereocenters. The van der Waals surface area contributed by atoms with Gasteiger partial charge < -0.3 is 40.8 Å². The minimum Gasteiger partial charge on any atom is -0.375 e. The second kappa shape index (κ2) is 19.9. The molecule has 3 aromatic rings. The van der Waals surface area contributed by atoms with Gasteiger partial charge >= 0.3 is 0 Å². The molecule has 5 aliphatic rings. The van der Waals surface area contributed by atoms with Crippen LogP contribution in [0.1, 0.15) is 91.5 Å². The lowest BCUT2D eigenvalue weighted by Crippen LogP contribution is -2.66. The van der Waals surface area contributed by atoms with Gasteiger partial charge in [0.15, 0.2) is 0 Å². The number of anilines is 4. The largest absolute Gasteiger partial charge is 0.375 e. The van der Waals surface area contributed by atoms with Crippen LogP contribution in [0.25, 0.3) is 0 Å². The van der Waals surface area contributed by atoms with Crippen LogP contribution in [0.5, 0.6) is 0 Å². The lowest BCUT2D eigenvalue weighted by molar-refractivity contribution is -0.130. The molecule has 67 heavy (non-hydrogen) atoms. The zero-order chi connectivity index (χ0) is 47.5. The number of carbonyl (C=O) groups is 6. The zero-order valence-electron chi connectivity index (χ0n) is 38.5. The molecular weight excluding hydrogens is 865 g/mol. The van der Waals surface area contributed by atoms with Crippen LogP contribution in [0.15, 0.2) is 42.7 Å². The minimum atomic E-state index is -1.14. The molecule has 4 N–H and O–H groups in total. The number of likely N-dealkylation sites (tertiary alicyclic amines) is 2. The molecule has 0 saturated carbocycles. The van der Waals surface area contributed by atoms with Gasteiger partial charge in [0, 0.05) is 82.7 Å². The molecule has 5 aliphatic heterocycles. The first-order chi connectivity index (χ1) is 32.2. The number of nitrogens with one attached hydrogen (secondary N) is 4. The van der Waals surface area contributed by atoms with E-state index in [4.69, 9.17) is 0 Å². The van der Waals surface area contributed by atoms with Gasteiger partial charge in [-0.15, -0.1) is 0 Å². The Bertz CT molecular complexity index is 2380. The predicted octanol–water partition coefficient (Wildman–Crippen LogP) is 3.80. The standard InChI is InChI=1S/C48H61F2N11O6/c1-47(2)11-17-57(18-12-47)27-32-22-35(50)38(23-34(32)49)60-28-41(63)56-48(29-60)13-19-58(20-14-48)40-24-39(54-30-55-40)53-25-31-9-15-59(16-10-31)42(64)26-52-36-7-4-6-33-43(36)46(67)61(45(33)66)37(8-5-21-62)44(65)51-3/h4,6-7,21-24,30-31,37,52H,5,8-20,25-29H2,1-3H3,(H,51,65)(H,56,63)(H,53,54,55). The molecule has 1 aromatic heterocycles. The van der Waals surface area contributed by atoms with Crippen LogP contribution in [0.2, 0.25) is 0 Å². The maximum absolute atomic E-state index is 15.7. The summed E-state index contributed by atoms with van der Waals surface area (Å²) < 4.78 is 31.2. The number of carbonyl (C=O) groups excluding carboxylic acids is 6. The van der Waals surface area contributed by atoms with Gasteiger partial charge in [0.25, 0.3) is 11.8 Å². The van der Waals surface area contributed by atoms with Crippen LogP contribution < -0.4 is 31.1 Å². The third-order valence-corrected chi connectivity index (χ3v) is 14.3. The van der Waals surface area contributed by atoms with Crippen molar-refractivity contribution in [3.05, 3.63) is 71.1 Å². The summed E-state index contributed by atoms with van der Waals surface area (Å²) in [5.74, 6) is -1.50. The number of aromatic nitrogens is 2. The van der Waals surface area contributed by atoms with Crippen molar-refractivity contribution in [3.63, 3.8) is 0 Å². The number of rotatable bonds is 15. The maximum atomic E-state index is 15.7. The van der Waals surface area contributed by atoms with Gasteiger partial charge in [0.2, 0.25) is 17.7 Å². The predicted molar refractivity (Wildman–Crippen MR) is 248 cm³/mol. The molecular formula is C48H61F2N11O6. The van der Waals surface area contributed by atoms with Crippen molar-refractivity contribution in [2.45, 2.75) is 83.3 Å². The van der Waals surface area contributed by atoms with E-state index < -0.39 is 40.9 Å². The molecule has 5 amide bonds. The molecule has 2 aromatic carbocycles. The van der Waals surface area contributed by atoms with Crippen LogP contribution in [0.4, 0.5) is 31.8 Å². The Labute approximate surface area is 389 Å². The number of piperazine rings is 1. The Hall–Kier alpha value is -6.24. The minimum absolute atomic E-state index is 0.00387.